The van der Waals surface area contributed by atoms with Gasteiger partial charge in [0, 0.05) is 11.8 Å². The van der Waals surface area contributed by atoms with Gasteiger partial charge in [0.05, 0.1) is 30.2 Å². The van der Waals surface area contributed by atoms with Crippen molar-refractivity contribution in [3.63, 3.8) is 0 Å². The Bertz CT molecular complexity index is 1020. The number of likely N-dealkylation sites (tertiary alicyclic amines) is 1. The van der Waals surface area contributed by atoms with Crippen molar-refractivity contribution in [2.45, 2.75) is 18.4 Å². The highest BCUT2D eigenvalue weighted by molar-refractivity contribution is 6.09. The number of halogens is 2. The molecule has 0 spiro atoms. The minimum absolute atomic E-state index is 0.0655. The SMILES string of the molecule is N#C[C@@H]1CC(F)(F)CN1C(=O)CNC(=O)c1cc(C(N)=O)nc2ccccc12. The van der Waals surface area contributed by atoms with Crippen molar-refractivity contribution in [1.29, 1.82) is 5.26 Å². The number of benzene rings is 1. The van der Waals surface area contributed by atoms with Crippen LogP contribution < -0.4 is 11.1 Å². The van der Waals surface area contributed by atoms with E-state index in [4.69, 9.17) is 11.0 Å². The minimum atomic E-state index is -3.14. The number of amides is 3. The van der Waals surface area contributed by atoms with Crippen molar-refractivity contribution in [1.82, 2.24) is 15.2 Å². The molecule has 8 nitrogen and oxygen atoms in total. The maximum absolute atomic E-state index is 13.5. The van der Waals surface area contributed by atoms with Crippen LogP contribution in [0.1, 0.15) is 27.3 Å². The van der Waals surface area contributed by atoms with Crippen LogP contribution in [0.4, 0.5) is 8.78 Å². The van der Waals surface area contributed by atoms with Gasteiger partial charge in [0.2, 0.25) is 5.91 Å². The number of nitrogens with zero attached hydrogens (tertiary/aromatic N) is 3. The maximum Gasteiger partial charge on any atom is 0.268 e. The number of fused-ring (bicyclic) bond motifs is 1. The number of aromatic nitrogens is 1. The zero-order valence-corrected chi connectivity index (χ0v) is 14.5. The number of hydrogen-bond donors (Lipinski definition) is 2. The Labute approximate surface area is 157 Å². The van der Waals surface area contributed by atoms with Gasteiger partial charge in [-0.25, -0.2) is 13.8 Å². The highest BCUT2D eigenvalue weighted by Gasteiger charge is 2.47. The van der Waals surface area contributed by atoms with Gasteiger partial charge in [0.1, 0.15) is 11.7 Å². The smallest absolute Gasteiger partial charge is 0.268 e. The van der Waals surface area contributed by atoms with Crippen LogP contribution in [-0.4, -0.2) is 52.7 Å². The molecular weight excluding hydrogens is 372 g/mol. The van der Waals surface area contributed by atoms with Crippen molar-refractivity contribution in [3.8, 4) is 6.07 Å². The number of nitriles is 1. The summed E-state index contributed by atoms with van der Waals surface area (Å²) in [6.07, 6.45) is -0.736. The van der Waals surface area contributed by atoms with E-state index < -0.39 is 49.2 Å². The molecule has 10 heteroatoms. The fourth-order valence-corrected chi connectivity index (χ4v) is 3.04. The molecule has 28 heavy (non-hydrogen) atoms. The third-order valence-electron chi connectivity index (χ3n) is 4.35. The Morgan fingerprint density at radius 2 is 2.07 bits per heavy atom. The number of alkyl halides is 2. The number of carbonyl (C=O) groups excluding carboxylic acids is 3. The molecule has 0 unspecified atom stereocenters. The molecule has 1 atom stereocenters. The molecule has 3 amide bonds. The number of pyridine rings is 1. The lowest BCUT2D eigenvalue weighted by molar-refractivity contribution is -0.131. The van der Waals surface area contributed by atoms with Crippen molar-refractivity contribution < 1.29 is 23.2 Å². The molecule has 1 fully saturated rings. The second kappa shape index (κ2) is 7.19. The average Bonchev–Trinajstić information content (AvgIpc) is 2.99. The zero-order chi connectivity index (χ0) is 20.5. The summed E-state index contributed by atoms with van der Waals surface area (Å²) in [5, 5.41) is 11.7. The fourth-order valence-electron chi connectivity index (χ4n) is 3.04. The predicted octanol–water partition coefficient (Wildman–Crippen LogP) is 0.823. The minimum Gasteiger partial charge on any atom is -0.364 e. The third-order valence-corrected chi connectivity index (χ3v) is 4.35. The number of nitrogens with two attached hydrogens (primary N) is 1. The molecule has 3 N–H and O–H groups in total. The molecule has 0 radical (unpaired) electrons. The van der Waals surface area contributed by atoms with E-state index in [0.717, 1.165) is 4.90 Å². The maximum atomic E-state index is 13.5. The number of carbonyl (C=O) groups is 3. The van der Waals surface area contributed by atoms with Crippen molar-refractivity contribution in [2.75, 3.05) is 13.1 Å². The summed E-state index contributed by atoms with van der Waals surface area (Å²) in [7, 11) is 0. The summed E-state index contributed by atoms with van der Waals surface area (Å²) in [6, 6.07) is 8.15. The molecule has 2 heterocycles. The zero-order valence-electron chi connectivity index (χ0n) is 14.5. The molecule has 0 aliphatic carbocycles. The van der Waals surface area contributed by atoms with E-state index in [2.05, 4.69) is 10.3 Å². The molecule has 1 aromatic carbocycles. The molecule has 3 rings (SSSR count). The molecular formula is C18H15F2N5O3. The molecule has 1 aliphatic rings. The first kappa shape index (κ1) is 19.2. The summed E-state index contributed by atoms with van der Waals surface area (Å²) >= 11 is 0. The first-order valence-electron chi connectivity index (χ1n) is 8.26. The standard InChI is InChI=1S/C18H15F2N5O3/c19-18(20)6-10(7-21)25(9-18)15(26)8-23-17(28)12-5-14(16(22)27)24-13-4-2-1-3-11(12)13/h1-5,10H,6,8-9H2,(H2,22,27)(H,23,28)/t10-/m0/s1. The predicted molar refractivity (Wildman–Crippen MR) is 93.3 cm³/mol. The third kappa shape index (κ3) is 3.73. The highest BCUT2D eigenvalue weighted by Crippen LogP contribution is 2.31. The quantitative estimate of drug-likeness (QED) is 0.803. The summed E-state index contributed by atoms with van der Waals surface area (Å²) in [4.78, 5) is 41.0. The summed E-state index contributed by atoms with van der Waals surface area (Å²) in [5.74, 6) is -5.47. The van der Waals surface area contributed by atoms with Crippen LogP contribution >= 0.6 is 0 Å². The van der Waals surface area contributed by atoms with Crippen molar-refractivity contribution >= 4 is 28.6 Å². The first-order chi connectivity index (χ1) is 13.2. The van der Waals surface area contributed by atoms with E-state index >= 15 is 0 Å². The van der Waals surface area contributed by atoms with E-state index in [1.165, 1.54) is 6.07 Å². The molecule has 1 aromatic heterocycles. The number of nitrogens with one attached hydrogen (secondary N) is 1. The fraction of sp³-hybridized carbons (Fsp3) is 0.278. The Morgan fingerprint density at radius 1 is 1.36 bits per heavy atom. The first-order valence-corrected chi connectivity index (χ1v) is 8.26. The molecule has 1 saturated heterocycles. The Hall–Kier alpha value is -3.61. The van der Waals surface area contributed by atoms with Gasteiger partial charge in [0.15, 0.2) is 0 Å². The largest absolute Gasteiger partial charge is 0.364 e. The lowest BCUT2D eigenvalue weighted by Gasteiger charge is -2.19. The number of para-hydroxylation sites is 1. The number of rotatable bonds is 4. The summed E-state index contributed by atoms with van der Waals surface area (Å²) in [5.41, 5.74) is 5.54. The van der Waals surface area contributed by atoms with E-state index in [-0.39, 0.29) is 11.3 Å². The molecule has 1 aliphatic heterocycles. The lowest BCUT2D eigenvalue weighted by atomic mass is 10.1. The molecule has 0 bridgehead atoms. The van der Waals surface area contributed by atoms with Gasteiger partial charge in [-0.15, -0.1) is 0 Å². The van der Waals surface area contributed by atoms with Crippen LogP contribution in [0.3, 0.4) is 0 Å². The normalized spacial score (nSPS) is 17.9. The van der Waals surface area contributed by atoms with Gasteiger partial charge in [-0.1, -0.05) is 18.2 Å². The van der Waals surface area contributed by atoms with E-state index in [0.29, 0.717) is 10.9 Å². The number of primary amides is 1. The van der Waals surface area contributed by atoms with Gasteiger partial charge >= 0.3 is 0 Å². The average molecular weight is 387 g/mol. The lowest BCUT2D eigenvalue weighted by Crippen LogP contribution is -2.43. The van der Waals surface area contributed by atoms with Crippen LogP contribution in [0, 0.1) is 11.3 Å². The van der Waals surface area contributed by atoms with Gasteiger partial charge in [-0.3, -0.25) is 14.4 Å². The molecule has 2 aromatic rings. The monoisotopic (exact) mass is 387 g/mol. The second-order valence-corrected chi connectivity index (χ2v) is 6.35. The van der Waals surface area contributed by atoms with Gasteiger partial charge < -0.3 is 16.0 Å². The van der Waals surface area contributed by atoms with E-state index in [9.17, 15) is 23.2 Å². The van der Waals surface area contributed by atoms with Crippen LogP contribution in [0.15, 0.2) is 30.3 Å². The van der Waals surface area contributed by atoms with Gasteiger partial charge in [0.25, 0.3) is 17.7 Å². The summed E-state index contributed by atoms with van der Waals surface area (Å²) in [6.45, 7) is -1.44. The molecule has 144 valence electrons. The molecule has 0 saturated carbocycles. The van der Waals surface area contributed by atoms with Crippen molar-refractivity contribution in [3.05, 3.63) is 41.6 Å². The highest BCUT2D eigenvalue weighted by atomic mass is 19.3. The second-order valence-electron chi connectivity index (χ2n) is 6.35. The Morgan fingerprint density at radius 3 is 2.75 bits per heavy atom. The van der Waals surface area contributed by atoms with E-state index in [1.807, 2.05) is 0 Å². The Balaban J connectivity index is 1.79. The topological polar surface area (TPSA) is 129 Å². The Kier molecular flexibility index (Phi) is 4.92. The van der Waals surface area contributed by atoms with Gasteiger partial charge in [-0.05, 0) is 12.1 Å². The summed E-state index contributed by atoms with van der Waals surface area (Å²) < 4.78 is 26.9. The van der Waals surface area contributed by atoms with Crippen LogP contribution in [-0.2, 0) is 4.79 Å². The van der Waals surface area contributed by atoms with E-state index in [1.54, 1.807) is 30.3 Å². The van der Waals surface area contributed by atoms with Crippen LogP contribution in [0.25, 0.3) is 10.9 Å². The number of hydrogen-bond acceptors (Lipinski definition) is 5. The van der Waals surface area contributed by atoms with Crippen LogP contribution in [0.5, 0.6) is 0 Å². The van der Waals surface area contributed by atoms with Gasteiger partial charge in [-0.2, -0.15) is 5.26 Å². The van der Waals surface area contributed by atoms with Crippen LogP contribution in [0.2, 0.25) is 0 Å². The van der Waals surface area contributed by atoms with Crippen molar-refractivity contribution in [2.24, 2.45) is 5.73 Å².